The van der Waals surface area contributed by atoms with Crippen LogP contribution < -0.4 is 31.9 Å². The van der Waals surface area contributed by atoms with Crippen molar-refractivity contribution in [1.29, 1.82) is 0 Å². The zero-order valence-electron chi connectivity index (χ0n) is 20.4. The fraction of sp³-hybridized carbons (Fsp3) is 0.500. The van der Waals surface area contributed by atoms with Gasteiger partial charge in [-0.25, -0.2) is 0 Å². The van der Waals surface area contributed by atoms with Crippen LogP contribution in [0.4, 0.5) is 35.7 Å². The van der Waals surface area contributed by atoms with Gasteiger partial charge in [-0.15, -0.1) is 12.8 Å². The Morgan fingerprint density at radius 2 is 1.00 bits per heavy atom. The highest BCUT2D eigenvalue weighted by Gasteiger charge is 2.23. The first-order valence-electron chi connectivity index (χ1n) is 11.1. The largest absolute Gasteiger partial charge is 0.394 e. The Morgan fingerprint density at radius 3 is 1.27 bits per heavy atom. The third-order valence-corrected chi connectivity index (χ3v) is 4.24. The molecule has 0 aliphatic heterocycles. The Balaban J connectivity index is 0.000000221. The molecule has 0 spiro atoms. The van der Waals surface area contributed by atoms with Crippen molar-refractivity contribution >= 4 is 46.1 Å². The molecule has 0 unspecified atom stereocenters. The van der Waals surface area contributed by atoms with Crippen molar-refractivity contribution in [3.8, 4) is 24.7 Å². The lowest BCUT2D eigenvalue weighted by molar-refractivity contribution is 0.381. The van der Waals surface area contributed by atoms with Crippen LogP contribution in [0.25, 0.3) is 0 Å². The van der Waals surface area contributed by atoms with Gasteiger partial charge >= 0.3 is 10.4 Å². The molecule has 200 valence electrons. The van der Waals surface area contributed by atoms with Crippen LogP contribution in [0.1, 0.15) is 25.7 Å². The molecular formula is C20H30N12O4S. The van der Waals surface area contributed by atoms with E-state index in [0.717, 1.165) is 0 Å². The predicted molar refractivity (Wildman–Crippen MR) is 141 cm³/mol. The summed E-state index contributed by atoms with van der Waals surface area (Å²) in [6, 6.07) is 1.01. The van der Waals surface area contributed by atoms with Gasteiger partial charge < -0.3 is 31.9 Å². The van der Waals surface area contributed by atoms with Crippen LogP contribution in [0.15, 0.2) is 0 Å². The number of hydrogen-bond acceptors (Lipinski definition) is 14. The molecule has 0 bridgehead atoms. The van der Waals surface area contributed by atoms with Crippen LogP contribution >= 0.6 is 0 Å². The molecule has 8 N–H and O–H groups in total. The van der Waals surface area contributed by atoms with Gasteiger partial charge in [-0.05, 0) is 25.7 Å². The van der Waals surface area contributed by atoms with Gasteiger partial charge in [0.25, 0.3) is 0 Å². The van der Waals surface area contributed by atoms with Crippen molar-refractivity contribution in [2.75, 3.05) is 59.1 Å². The van der Waals surface area contributed by atoms with E-state index in [2.05, 4.69) is 73.6 Å². The molecule has 16 nitrogen and oxygen atoms in total. The van der Waals surface area contributed by atoms with Crippen molar-refractivity contribution in [3.05, 3.63) is 0 Å². The molecule has 4 rings (SSSR count). The minimum atomic E-state index is -4.67. The minimum Gasteiger partial charge on any atom is -0.357 e. The third-order valence-electron chi connectivity index (χ3n) is 4.24. The molecule has 17 heteroatoms. The molecule has 2 fully saturated rings. The standard InChI is InChI=1S/2C10H14N6.H2O4S/c2*1-3-6-12-9-14-8(11-2)15-10(16-9)13-7-4-5-7;1-5(2,3)4/h2*1,7H,4-6H2,2H3,(H3,11,12,13,14,15,16);(H2,1,2,3,4). The number of aromatic nitrogens is 6. The lowest BCUT2D eigenvalue weighted by Gasteiger charge is -2.07. The second-order valence-corrected chi connectivity index (χ2v) is 8.41. The Hall–Kier alpha value is -4.19. The maximum absolute atomic E-state index is 8.74. The smallest absolute Gasteiger partial charge is 0.357 e. The predicted octanol–water partition coefficient (Wildman–Crippen LogP) is 0.413. The van der Waals surface area contributed by atoms with E-state index in [1.54, 1.807) is 14.1 Å². The number of anilines is 6. The fourth-order valence-corrected chi connectivity index (χ4v) is 2.34. The first-order chi connectivity index (χ1) is 17.6. The molecule has 0 aromatic carbocycles. The van der Waals surface area contributed by atoms with E-state index in [9.17, 15) is 0 Å². The number of nitrogens with zero attached hydrogens (tertiary/aromatic N) is 6. The van der Waals surface area contributed by atoms with Crippen LogP contribution in [0, 0.1) is 24.7 Å². The van der Waals surface area contributed by atoms with Crippen molar-refractivity contribution in [3.63, 3.8) is 0 Å². The summed E-state index contributed by atoms with van der Waals surface area (Å²) in [7, 11) is -1.14. The van der Waals surface area contributed by atoms with Crippen molar-refractivity contribution in [2.24, 2.45) is 0 Å². The molecule has 2 aromatic rings. The molecule has 2 aliphatic rings. The lowest BCUT2D eigenvalue weighted by atomic mass is 10.6. The van der Waals surface area contributed by atoms with Gasteiger partial charge in [0, 0.05) is 26.2 Å². The van der Waals surface area contributed by atoms with E-state index in [-0.39, 0.29) is 0 Å². The highest BCUT2D eigenvalue weighted by Crippen LogP contribution is 2.24. The Bertz CT molecular complexity index is 1120. The van der Waals surface area contributed by atoms with E-state index in [0.29, 0.717) is 60.9 Å². The maximum atomic E-state index is 8.74. The average molecular weight is 535 g/mol. The van der Waals surface area contributed by atoms with Crippen LogP contribution in [0.3, 0.4) is 0 Å². The molecule has 0 atom stereocenters. The molecule has 0 radical (unpaired) electrons. The van der Waals surface area contributed by atoms with E-state index >= 15 is 0 Å². The Labute approximate surface area is 215 Å². The summed E-state index contributed by atoms with van der Waals surface area (Å²) in [4.78, 5) is 25.1. The molecular weight excluding hydrogens is 504 g/mol. The normalized spacial score (nSPS) is 13.7. The summed E-state index contributed by atoms with van der Waals surface area (Å²) in [5, 5.41) is 18.0. The van der Waals surface area contributed by atoms with E-state index in [1.165, 1.54) is 25.7 Å². The summed E-state index contributed by atoms with van der Waals surface area (Å²) in [6.45, 7) is 0.798. The van der Waals surface area contributed by atoms with Crippen LogP contribution in [-0.2, 0) is 10.4 Å². The Kier molecular flexibility index (Phi) is 11.3. The van der Waals surface area contributed by atoms with E-state index < -0.39 is 10.4 Å². The van der Waals surface area contributed by atoms with Crippen LogP contribution in [0.2, 0.25) is 0 Å². The summed E-state index contributed by atoms with van der Waals surface area (Å²) in [5.74, 6) is 8.14. The average Bonchev–Trinajstić information content (AvgIpc) is 3.78. The van der Waals surface area contributed by atoms with Gasteiger partial charge in [-0.2, -0.15) is 38.3 Å². The maximum Gasteiger partial charge on any atom is 0.394 e. The van der Waals surface area contributed by atoms with Crippen molar-refractivity contribution in [2.45, 2.75) is 37.8 Å². The number of nitrogens with one attached hydrogen (secondary N) is 6. The second-order valence-electron chi connectivity index (χ2n) is 7.51. The van der Waals surface area contributed by atoms with Crippen LogP contribution in [0.5, 0.6) is 0 Å². The quantitative estimate of drug-likeness (QED) is 0.153. The van der Waals surface area contributed by atoms with E-state index in [4.69, 9.17) is 30.4 Å². The molecule has 0 saturated heterocycles. The zero-order chi connectivity index (χ0) is 27.3. The lowest BCUT2D eigenvalue weighted by Crippen LogP contribution is -2.12. The van der Waals surface area contributed by atoms with Crippen LogP contribution in [-0.4, -0.2) is 86.7 Å². The number of terminal acetylenes is 2. The van der Waals surface area contributed by atoms with Gasteiger partial charge in [0.15, 0.2) is 0 Å². The Morgan fingerprint density at radius 1 is 0.703 bits per heavy atom. The fourth-order valence-electron chi connectivity index (χ4n) is 2.34. The monoisotopic (exact) mass is 534 g/mol. The highest BCUT2D eigenvalue weighted by molar-refractivity contribution is 7.79. The third kappa shape index (κ3) is 13.5. The summed E-state index contributed by atoms with van der Waals surface area (Å²) in [6.07, 6.45) is 15.0. The van der Waals surface area contributed by atoms with Gasteiger partial charge in [-0.3, -0.25) is 9.11 Å². The molecule has 2 heterocycles. The first-order valence-corrected chi connectivity index (χ1v) is 12.5. The van der Waals surface area contributed by atoms with Gasteiger partial charge in [0.1, 0.15) is 0 Å². The number of rotatable bonds is 10. The molecule has 2 aliphatic carbocycles. The molecule has 2 aromatic heterocycles. The van der Waals surface area contributed by atoms with Gasteiger partial charge in [0.05, 0.1) is 13.1 Å². The van der Waals surface area contributed by atoms with Crippen molar-refractivity contribution < 1.29 is 17.5 Å². The van der Waals surface area contributed by atoms with Gasteiger partial charge in [0.2, 0.25) is 35.7 Å². The summed E-state index contributed by atoms with van der Waals surface area (Å²) >= 11 is 0. The second kappa shape index (κ2) is 14.4. The summed E-state index contributed by atoms with van der Waals surface area (Å²) < 4.78 is 31.6. The topological polar surface area (TPSA) is 224 Å². The minimum absolute atomic E-state index is 0.399. The summed E-state index contributed by atoms with van der Waals surface area (Å²) in [5.41, 5.74) is 0. The zero-order valence-corrected chi connectivity index (χ0v) is 21.2. The molecule has 2 saturated carbocycles. The molecule has 37 heavy (non-hydrogen) atoms. The number of hydrogen-bond donors (Lipinski definition) is 8. The van der Waals surface area contributed by atoms with E-state index in [1.807, 2.05) is 0 Å². The molecule has 0 amide bonds. The SMILES string of the molecule is C#CCNc1nc(NC)nc(NC2CC2)n1.C#CCNc1nc(NC)nc(NC2CC2)n1.O=S(=O)(O)O. The van der Waals surface area contributed by atoms with Crippen molar-refractivity contribution in [1.82, 2.24) is 29.9 Å². The van der Waals surface area contributed by atoms with Gasteiger partial charge in [-0.1, -0.05) is 11.8 Å². The highest BCUT2D eigenvalue weighted by atomic mass is 32.3. The first kappa shape index (κ1) is 29.0.